The second kappa shape index (κ2) is 3.39. The van der Waals surface area contributed by atoms with Crippen molar-refractivity contribution >= 4 is 21.9 Å². The van der Waals surface area contributed by atoms with E-state index >= 15 is 0 Å². The molecule has 0 fully saturated rings. The summed E-state index contributed by atoms with van der Waals surface area (Å²) in [6.07, 6.45) is 4.20. The van der Waals surface area contributed by atoms with Gasteiger partial charge in [0.15, 0.2) is 0 Å². The highest BCUT2D eigenvalue weighted by atomic mass is 16.3. The Balaban J connectivity index is 2.37. The third-order valence-electron chi connectivity index (χ3n) is 2.80. The maximum atomic E-state index is 5.87. The van der Waals surface area contributed by atoms with Gasteiger partial charge in [-0.1, -0.05) is 0 Å². The van der Waals surface area contributed by atoms with Crippen molar-refractivity contribution in [2.24, 2.45) is 5.73 Å². The first-order valence-corrected chi connectivity index (χ1v) is 5.37. The largest absolute Gasteiger partial charge is 0.464 e. The van der Waals surface area contributed by atoms with Crippen LogP contribution < -0.4 is 5.73 Å². The first kappa shape index (κ1) is 9.48. The number of rotatable bonds is 2. The number of furan rings is 2. The molecule has 3 heteroatoms. The third kappa shape index (κ3) is 1.32. The average Bonchev–Trinajstić information content (AvgIpc) is 2.83. The highest BCUT2D eigenvalue weighted by Gasteiger charge is 2.13. The molecule has 0 aliphatic carbocycles. The van der Waals surface area contributed by atoms with E-state index in [1.165, 1.54) is 0 Å². The molecule has 0 aliphatic rings. The highest BCUT2D eigenvalue weighted by molar-refractivity contribution is 5.97. The minimum absolute atomic E-state index is 0.105. The van der Waals surface area contributed by atoms with Crippen molar-refractivity contribution in [3.8, 4) is 0 Å². The molecule has 0 aliphatic heterocycles. The van der Waals surface area contributed by atoms with E-state index in [1.807, 2.05) is 25.1 Å². The number of nitrogens with two attached hydrogens (primary N) is 1. The van der Waals surface area contributed by atoms with Crippen molar-refractivity contribution in [2.45, 2.75) is 19.4 Å². The van der Waals surface area contributed by atoms with Gasteiger partial charge in [-0.3, -0.25) is 0 Å². The summed E-state index contributed by atoms with van der Waals surface area (Å²) in [7, 11) is 0. The highest BCUT2D eigenvalue weighted by Crippen LogP contribution is 2.30. The molecule has 16 heavy (non-hydrogen) atoms. The van der Waals surface area contributed by atoms with E-state index in [9.17, 15) is 0 Å². The Morgan fingerprint density at radius 1 is 1.25 bits per heavy atom. The Kier molecular flexibility index (Phi) is 2.01. The van der Waals surface area contributed by atoms with Crippen LogP contribution in [0.2, 0.25) is 0 Å². The van der Waals surface area contributed by atoms with Gasteiger partial charge in [-0.05, 0) is 31.5 Å². The van der Waals surface area contributed by atoms with Gasteiger partial charge in [0.25, 0.3) is 0 Å². The molecule has 3 rings (SSSR count). The smallest absolute Gasteiger partial charge is 0.137 e. The molecule has 82 valence electrons. The number of benzene rings is 1. The van der Waals surface area contributed by atoms with Crippen LogP contribution in [0.25, 0.3) is 21.9 Å². The lowest BCUT2D eigenvalue weighted by Gasteiger charge is -2.07. The first-order valence-electron chi connectivity index (χ1n) is 5.37. The van der Waals surface area contributed by atoms with Crippen molar-refractivity contribution in [1.29, 1.82) is 0 Å². The summed E-state index contributed by atoms with van der Waals surface area (Å²) >= 11 is 0. The maximum Gasteiger partial charge on any atom is 0.137 e. The summed E-state index contributed by atoms with van der Waals surface area (Å²) in [6.45, 7) is 1.99. The molecular weight excluding hydrogens is 202 g/mol. The molecule has 0 bridgehead atoms. The quantitative estimate of drug-likeness (QED) is 0.714. The second-order valence-electron chi connectivity index (χ2n) is 4.21. The standard InChI is InChI=1S/C13H13NO2/c1-8(14)6-11-10-3-5-15-12(10)7-9-2-4-16-13(9)11/h2-5,7-8H,6,14H2,1H3/t8-/m0/s1. The van der Waals surface area contributed by atoms with Crippen LogP contribution in [0.3, 0.4) is 0 Å². The van der Waals surface area contributed by atoms with Crippen LogP contribution in [-0.4, -0.2) is 6.04 Å². The van der Waals surface area contributed by atoms with Gasteiger partial charge in [-0.2, -0.15) is 0 Å². The molecule has 1 aromatic carbocycles. The summed E-state index contributed by atoms with van der Waals surface area (Å²) in [5, 5.41) is 2.16. The summed E-state index contributed by atoms with van der Waals surface area (Å²) in [5.41, 5.74) is 8.83. The zero-order chi connectivity index (χ0) is 11.1. The summed E-state index contributed by atoms with van der Waals surface area (Å²) < 4.78 is 11.0. The molecule has 2 aromatic heterocycles. The van der Waals surface area contributed by atoms with Crippen molar-refractivity contribution in [3.05, 3.63) is 36.3 Å². The molecule has 3 aromatic rings. The SMILES string of the molecule is C[C@H](N)Cc1c2ccoc2cc2ccoc12. The predicted octanol–water partition coefficient (Wildman–Crippen LogP) is 3.07. The normalized spacial score (nSPS) is 13.6. The van der Waals surface area contributed by atoms with E-state index < -0.39 is 0 Å². The van der Waals surface area contributed by atoms with Gasteiger partial charge in [0.2, 0.25) is 0 Å². The van der Waals surface area contributed by atoms with Crippen LogP contribution in [0, 0.1) is 0 Å². The molecule has 0 radical (unpaired) electrons. The van der Waals surface area contributed by atoms with Crippen LogP contribution in [0.1, 0.15) is 12.5 Å². The Labute approximate surface area is 92.8 Å². The number of hydrogen-bond donors (Lipinski definition) is 1. The van der Waals surface area contributed by atoms with Gasteiger partial charge < -0.3 is 14.6 Å². The van der Waals surface area contributed by atoms with Crippen LogP contribution in [0.15, 0.2) is 39.6 Å². The monoisotopic (exact) mass is 215 g/mol. The minimum atomic E-state index is 0.105. The van der Waals surface area contributed by atoms with E-state index in [1.54, 1.807) is 12.5 Å². The van der Waals surface area contributed by atoms with Crippen molar-refractivity contribution in [2.75, 3.05) is 0 Å². The minimum Gasteiger partial charge on any atom is -0.464 e. The average molecular weight is 215 g/mol. The molecule has 2 heterocycles. The lowest BCUT2D eigenvalue weighted by atomic mass is 10.0. The topological polar surface area (TPSA) is 52.3 Å². The van der Waals surface area contributed by atoms with E-state index in [0.29, 0.717) is 0 Å². The molecular formula is C13H13NO2. The van der Waals surface area contributed by atoms with Gasteiger partial charge in [0, 0.05) is 22.4 Å². The van der Waals surface area contributed by atoms with Gasteiger partial charge in [-0.25, -0.2) is 0 Å². The molecule has 0 spiro atoms. The molecule has 2 N–H and O–H groups in total. The predicted molar refractivity (Wildman–Crippen MR) is 63.3 cm³/mol. The Hall–Kier alpha value is -1.74. The zero-order valence-electron chi connectivity index (χ0n) is 9.07. The molecule has 0 amide bonds. The van der Waals surface area contributed by atoms with Crippen LogP contribution in [-0.2, 0) is 6.42 Å². The van der Waals surface area contributed by atoms with Gasteiger partial charge in [0.1, 0.15) is 11.2 Å². The van der Waals surface area contributed by atoms with E-state index in [4.69, 9.17) is 14.6 Å². The van der Waals surface area contributed by atoms with Crippen molar-refractivity contribution in [3.63, 3.8) is 0 Å². The van der Waals surface area contributed by atoms with E-state index in [-0.39, 0.29) is 6.04 Å². The van der Waals surface area contributed by atoms with Crippen LogP contribution >= 0.6 is 0 Å². The first-order chi connectivity index (χ1) is 7.75. The van der Waals surface area contributed by atoms with E-state index in [0.717, 1.165) is 33.9 Å². The van der Waals surface area contributed by atoms with Gasteiger partial charge in [-0.15, -0.1) is 0 Å². The molecule has 0 unspecified atom stereocenters. The fourth-order valence-corrected chi connectivity index (χ4v) is 2.15. The maximum absolute atomic E-state index is 5.87. The van der Waals surface area contributed by atoms with E-state index in [2.05, 4.69) is 0 Å². The Morgan fingerprint density at radius 2 is 2.06 bits per heavy atom. The molecule has 0 saturated carbocycles. The molecule has 1 atom stereocenters. The van der Waals surface area contributed by atoms with Gasteiger partial charge in [0.05, 0.1) is 12.5 Å². The van der Waals surface area contributed by atoms with Crippen LogP contribution in [0.5, 0.6) is 0 Å². The van der Waals surface area contributed by atoms with Gasteiger partial charge >= 0.3 is 0 Å². The third-order valence-corrected chi connectivity index (χ3v) is 2.80. The Morgan fingerprint density at radius 3 is 2.88 bits per heavy atom. The lowest BCUT2D eigenvalue weighted by molar-refractivity contribution is 0.605. The van der Waals surface area contributed by atoms with Crippen molar-refractivity contribution in [1.82, 2.24) is 0 Å². The Bertz CT molecular complexity index is 585. The number of hydrogen-bond acceptors (Lipinski definition) is 3. The lowest BCUT2D eigenvalue weighted by Crippen LogP contribution is -2.17. The van der Waals surface area contributed by atoms with Crippen LogP contribution in [0.4, 0.5) is 0 Å². The number of fused-ring (bicyclic) bond motifs is 2. The zero-order valence-corrected chi connectivity index (χ0v) is 9.07. The fraction of sp³-hybridized carbons (Fsp3) is 0.231. The molecule has 0 saturated heterocycles. The molecule has 3 nitrogen and oxygen atoms in total. The second-order valence-corrected chi connectivity index (χ2v) is 4.21. The van der Waals surface area contributed by atoms with Crippen molar-refractivity contribution < 1.29 is 8.83 Å². The summed E-state index contributed by atoms with van der Waals surface area (Å²) in [5.74, 6) is 0. The summed E-state index contributed by atoms with van der Waals surface area (Å²) in [4.78, 5) is 0. The fourth-order valence-electron chi connectivity index (χ4n) is 2.15. The summed E-state index contributed by atoms with van der Waals surface area (Å²) in [6, 6.07) is 6.02.